The van der Waals surface area contributed by atoms with E-state index in [0.29, 0.717) is 42.0 Å². The Kier molecular flexibility index (Phi) is 8.20. The number of piperazine rings is 1. The molecule has 0 bridgehead atoms. The molecule has 0 radical (unpaired) electrons. The van der Waals surface area contributed by atoms with Gasteiger partial charge in [-0.3, -0.25) is 4.79 Å². The zero-order valence-corrected chi connectivity index (χ0v) is 22.4. The maximum atomic E-state index is 13.6. The molecule has 9 nitrogen and oxygen atoms in total. The molecule has 1 amide bonds. The molecule has 4 unspecified atom stereocenters. The number of anilines is 1. The monoisotopic (exact) mass is 567 g/mol. The van der Waals surface area contributed by atoms with E-state index in [1.807, 2.05) is 11.9 Å². The molecule has 2 heterocycles. The standard InChI is InChI=1S/C30H31F2N3O6/c1-33-14-15-34(41-30(39)40)25(17-33)19-4-11-23(27(37)16-19)28-24(12-13-26(36)18-2-5-20(31)6-3-18)29(38)35(28)22-9-7-21(32)8-10-22/h2-11,16,24-26,28,36-37H,12-15,17H2,1H3,(H,39,40). The SMILES string of the molecule is CN1CCN(OC(=O)O)C(c2ccc(C3C(CCC(O)c4ccc(F)cc4)C(=O)N3c3ccc(F)cc3)c(O)c2)C1. The van der Waals surface area contributed by atoms with E-state index >= 15 is 0 Å². The maximum absolute atomic E-state index is 13.6. The molecule has 2 saturated heterocycles. The van der Waals surface area contributed by atoms with Crippen molar-refractivity contribution in [2.24, 2.45) is 5.92 Å². The lowest BCUT2D eigenvalue weighted by atomic mass is 9.77. The summed E-state index contributed by atoms with van der Waals surface area (Å²) in [5.41, 5.74) is 2.10. The average molecular weight is 568 g/mol. The molecule has 0 aromatic heterocycles. The third-order valence-corrected chi connectivity index (χ3v) is 7.81. The smallest absolute Gasteiger partial charge is 0.508 e. The summed E-state index contributed by atoms with van der Waals surface area (Å²) in [5.74, 6) is -1.76. The molecule has 2 aliphatic heterocycles. The van der Waals surface area contributed by atoms with Gasteiger partial charge in [0.05, 0.1) is 24.1 Å². The van der Waals surface area contributed by atoms with Crippen LogP contribution in [0.3, 0.4) is 0 Å². The molecule has 41 heavy (non-hydrogen) atoms. The van der Waals surface area contributed by atoms with Gasteiger partial charge in [0, 0.05) is 30.9 Å². The van der Waals surface area contributed by atoms with Crippen LogP contribution in [0.4, 0.5) is 19.3 Å². The molecular formula is C30H31F2N3O6. The third kappa shape index (κ3) is 6.02. The quantitative estimate of drug-likeness (QED) is 0.333. The molecule has 3 N–H and O–H groups in total. The van der Waals surface area contributed by atoms with Crippen LogP contribution in [-0.4, -0.2) is 64.0 Å². The van der Waals surface area contributed by atoms with E-state index < -0.39 is 41.9 Å². The highest BCUT2D eigenvalue weighted by Crippen LogP contribution is 2.49. The van der Waals surface area contributed by atoms with Crippen molar-refractivity contribution in [2.45, 2.75) is 31.0 Å². The van der Waals surface area contributed by atoms with Gasteiger partial charge in [-0.25, -0.2) is 13.6 Å². The number of carbonyl (C=O) groups is 2. The number of hydrogen-bond donors (Lipinski definition) is 3. The van der Waals surface area contributed by atoms with Crippen molar-refractivity contribution >= 4 is 17.7 Å². The summed E-state index contributed by atoms with van der Waals surface area (Å²) >= 11 is 0. The number of amides is 1. The van der Waals surface area contributed by atoms with Gasteiger partial charge in [0.15, 0.2) is 0 Å². The molecular weight excluding hydrogens is 536 g/mol. The fourth-order valence-electron chi connectivity index (χ4n) is 5.67. The van der Waals surface area contributed by atoms with Gasteiger partial charge in [0.2, 0.25) is 5.91 Å². The van der Waals surface area contributed by atoms with Crippen LogP contribution in [0.15, 0.2) is 66.7 Å². The largest absolute Gasteiger partial charge is 0.525 e. The fourth-order valence-corrected chi connectivity index (χ4v) is 5.67. The summed E-state index contributed by atoms with van der Waals surface area (Å²) in [6, 6.07) is 15.0. The zero-order chi connectivity index (χ0) is 29.3. The molecule has 0 aliphatic carbocycles. The summed E-state index contributed by atoms with van der Waals surface area (Å²) in [7, 11) is 1.91. The number of likely N-dealkylation sites (N-methyl/N-ethyl adjacent to an activating group) is 1. The van der Waals surface area contributed by atoms with Crippen LogP contribution in [0.25, 0.3) is 0 Å². The van der Waals surface area contributed by atoms with Gasteiger partial charge in [0.1, 0.15) is 17.4 Å². The number of halogens is 2. The number of hydrogen-bond acceptors (Lipinski definition) is 7. The zero-order valence-electron chi connectivity index (χ0n) is 22.4. The van der Waals surface area contributed by atoms with E-state index in [0.717, 1.165) is 0 Å². The predicted octanol–water partition coefficient (Wildman–Crippen LogP) is 4.79. The van der Waals surface area contributed by atoms with E-state index in [9.17, 15) is 28.6 Å². The lowest BCUT2D eigenvalue weighted by Crippen LogP contribution is -2.55. The van der Waals surface area contributed by atoms with Crippen molar-refractivity contribution in [2.75, 3.05) is 31.6 Å². The lowest BCUT2D eigenvalue weighted by molar-refractivity contribution is -0.170. The van der Waals surface area contributed by atoms with Crippen molar-refractivity contribution in [1.82, 2.24) is 9.96 Å². The highest BCUT2D eigenvalue weighted by atomic mass is 19.1. The summed E-state index contributed by atoms with van der Waals surface area (Å²) in [6.07, 6.45) is -1.82. The van der Waals surface area contributed by atoms with Gasteiger partial charge in [0.25, 0.3) is 0 Å². The molecule has 3 aromatic carbocycles. The van der Waals surface area contributed by atoms with Crippen LogP contribution in [0.5, 0.6) is 5.75 Å². The molecule has 2 fully saturated rings. The molecule has 2 aliphatic rings. The van der Waals surface area contributed by atoms with Gasteiger partial charge in [-0.1, -0.05) is 24.3 Å². The van der Waals surface area contributed by atoms with Gasteiger partial charge < -0.3 is 30.0 Å². The summed E-state index contributed by atoms with van der Waals surface area (Å²) < 4.78 is 26.9. The Morgan fingerprint density at radius 3 is 2.32 bits per heavy atom. The summed E-state index contributed by atoms with van der Waals surface area (Å²) in [4.78, 5) is 33.1. The Labute approximate surface area is 235 Å². The number of aliphatic hydroxyl groups is 1. The molecule has 4 atom stereocenters. The second-order valence-corrected chi connectivity index (χ2v) is 10.5. The number of nitrogens with zero attached hydrogens (tertiary/aromatic N) is 3. The number of benzene rings is 3. The molecule has 3 aromatic rings. The second kappa shape index (κ2) is 11.8. The molecule has 216 valence electrons. The van der Waals surface area contributed by atoms with Crippen molar-refractivity contribution < 1.29 is 38.5 Å². The lowest BCUT2D eigenvalue weighted by Gasteiger charge is -2.48. The van der Waals surface area contributed by atoms with Crippen LogP contribution in [0.1, 0.15) is 47.7 Å². The number of β-lactam (4-membered cyclic amide) rings is 1. The van der Waals surface area contributed by atoms with Crippen molar-refractivity contribution in [3.63, 3.8) is 0 Å². The number of aromatic hydroxyl groups is 1. The highest BCUT2D eigenvalue weighted by molar-refractivity contribution is 6.03. The number of aliphatic hydroxyl groups excluding tert-OH is 1. The number of phenols is 1. The van der Waals surface area contributed by atoms with Gasteiger partial charge >= 0.3 is 6.16 Å². The number of carbonyl (C=O) groups excluding carboxylic acids is 1. The number of hydroxylamine groups is 2. The third-order valence-electron chi connectivity index (χ3n) is 7.81. The van der Waals surface area contributed by atoms with Crippen LogP contribution < -0.4 is 4.90 Å². The molecule has 5 rings (SSSR count). The van der Waals surface area contributed by atoms with E-state index in [1.165, 1.54) is 58.5 Å². The second-order valence-electron chi connectivity index (χ2n) is 10.5. The van der Waals surface area contributed by atoms with E-state index in [-0.39, 0.29) is 24.5 Å². The van der Waals surface area contributed by atoms with Crippen LogP contribution >= 0.6 is 0 Å². The van der Waals surface area contributed by atoms with Crippen molar-refractivity contribution in [1.29, 1.82) is 0 Å². The molecule has 0 spiro atoms. The Balaban J connectivity index is 1.42. The predicted molar refractivity (Wildman–Crippen MR) is 145 cm³/mol. The van der Waals surface area contributed by atoms with Gasteiger partial charge in [-0.15, -0.1) is 5.06 Å². The minimum Gasteiger partial charge on any atom is -0.508 e. The van der Waals surface area contributed by atoms with E-state index in [4.69, 9.17) is 9.94 Å². The van der Waals surface area contributed by atoms with Crippen LogP contribution in [0, 0.1) is 17.6 Å². The minimum absolute atomic E-state index is 0.0836. The Hall–Kier alpha value is -4.06. The highest BCUT2D eigenvalue weighted by Gasteiger charge is 2.49. The first-order valence-electron chi connectivity index (χ1n) is 13.3. The number of carboxylic acid groups (broad SMARTS) is 1. The van der Waals surface area contributed by atoms with E-state index in [1.54, 1.807) is 18.2 Å². The van der Waals surface area contributed by atoms with Crippen molar-refractivity contribution in [3.05, 3.63) is 95.1 Å². The normalized spacial score (nSPS) is 22.3. The first kappa shape index (κ1) is 28.5. The number of rotatable bonds is 8. The first-order valence-corrected chi connectivity index (χ1v) is 13.3. The summed E-state index contributed by atoms with van der Waals surface area (Å²) in [6.45, 7) is 1.43. The van der Waals surface area contributed by atoms with Crippen molar-refractivity contribution in [3.8, 4) is 5.75 Å². The topological polar surface area (TPSA) is 114 Å². The Bertz CT molecular complexity index is 1400. The molecule has 0 saturated carbocycles. The summed E-state index contributed by atoms with van der Waals surface area (Å²) in [5, 5.41) is 32.4. The van der Waals surface area contributed by atoms with Crippen LogP contribution in [-0.2, 0) is 9.63 Å². The Morgan fingerprint density at radius 2 is 1.68 bits per heavy atom. The average Bonchev–Trinajstić information content (AvgIpc) is 2.94. The van der Waals surface area contributed by atoms with E-state index in [2.05, 4.69) is 0 Å². The van der Waals surface area contributed by atoms with Crippen LogP contribution in [0.2, 0.25) is 0 Å². The Morgan fingerprint density at radius 1 is 1.02 bits per heavy atom. The van der Waals surface area contributed by atoms with Gasteiger partial charge in [-0.05, 0) is 73.5 Å². The fraction of sp³-hybridized carbons (Fsp3) is 0.333. The van der Waals surface area contributed by atoms with Gasteiger partial charge in [-0.2, -0.15) is 0 Å². The first-order chi connectivity index (χ1) is 19.6. The maximum Gasteiger partial charge on any atom is 0.525 e. The molecule has 11 heteroatoms. The number of phenolic OH excluding ortho intramolecular Hbond substituents is 1. The minimum atomic E-state index is -1.42.